The summed E-state index contributed by atoms with van der Waals surface area (Å²) in [6.45, 7) is 0. The van der Waals surface area contributed by atoms with Gasteiger partial charge in [0.1, 0.15) is 6.04 Å². The van der Waals surface area contributed by atoms with Crippen LogP contribution in [0.2, 0.25) is 0 Å². The molecule has 2 heterocycles. The molecule has 0 saturated heterocycles. The van der Waals surface area contributed by atoms with E-state index in [-0.39, 0.29) is 18.4 Å². The number of nitrogens with one attached hydrogen (secondary N) is 2. The van der Waals surface area contributed by atoms with E-state index in [9.17, 15) is 19.5 Å². The van der Waals surface area contributed by atoms with Gasteiger partial charge in [-0.05, 0) is 37.8 Å². The maximum Gasteiger partial charge on any atom is 0.326 e. The number of aromatic amines is 1. The van der Waals surface area contributed by atoms with Crippen molar-refractivity contribution in [3.63, 3.8) is 0 Å². The zero-order chi connectivity index (χ0) is 24.3. The molecule has 0 aliphatic rings. The Morgan fingerprint density at radius 2 is 1.88 bits per heavy atom. The van der Waals surface area contributed by atoms with Crippen LogP contribution in [0.5, 0.6) is 0 Å². The van der Waals surface area contributed by atoms with E-state index in [1.54, 1.807) is 0 Å². The van der Waals surface area contributed by atoms with Crippen LogP contribution in [0.25, 0.3) is 11.3 Å². The lowest BCUT2D eigenvalue weighted by atomic mass is 10.1. The van der Waals surface area contributed by atoms with Crippen molar-refractivity contribution in [3.8, 4) is 11.3 Å². The second-order valence-electron chi connectivity index (χ2n) is 7.69. The zero-order valence-electron chi connectivity index (χ0n) is 18.5. The lowest BCUT2D eigenvalue weighted by molar-refractivity contribution is -0.139. The molecular weight excluding hydrogens is 474 g/mol. The third kappa shape index (κ3) is 8.35. The Labute approximate surface area is 205 Å². The number of rotatable bonds is 14. The van der Waals surface area contributed by atoms with Gasteiger partial charge in [-0.2, -0.15) is 0 Å². The van der Waals surface area contributed by atoms with Crippen LogP contribution in [-0.4, -0.2) is 43.9 Å². The summed E-state index contributed by atoms with van der Waals surface area (Å²) < 4.78 is 0. The number of H-pyrrole nitrogens is 1. The number of thioether (sulfide) groups is 1. The number of thiophene rings is 1. The van der Waals surface area contributed by atoms with Crippen LogP contribution in [0.1, 0.15) is 37.0 Å². The summed E-state index contributed by atoms with van der Waals surface area (Å²) in [4.78, 5) is 42.5. The van der Waals surface area contributed by atoms with Gasteiger partial charge in [-0.25, -0.2) is 9.78 Å². The van der Waals surface area contributed by atoms with E-state index in [1.807, 2.05) is 42.5 Å². The van der Waals surface area contributed by atoms with E-state index in [2.05, 4.69) is 15.3 Å². The molecule has 2 aromatic heterocycles. The molecule has 4 N–H and O–H groups in total. The Bertz CT molecular complexity index is 1150. The number of unbranched alkanes of at least 4 members (excludes halogenated alkanes) is 2. The Kier molecular flexibility index (Phi) is 9.72. The lowest BCUT2D eigenvalue weighted by Gasteiger charge is -2.12. The first-order chi connectivity index (χ1) is 16.4. The van der Waals surface area contributed by atoms with Gasteiger partial charge < -0.3 is 20.5 Å². The standard InChI is InChI=1S/C24H27N3O5S2/c28-20-15-19(16-7-3-1-4-8-16)26-24(27-20)33-14-6-2-5-9-17-10-12-21(34-17)25-18(23(31)32)11-13-22(29)30/h1,3-4,7-8,10,12,15,18,25H,2,5-6,9,11,13-14H2,(H,29,30)(H,31,32)(H,26,27,28)/t18-/m0/s1. The fraction of sp³-hybridized carbons (Fsp3) is 0.333. The summed E-state index contributed by atoms with van der Waals surface area (Å²) in [7, 11) is 0. The van der Waals surface area contributed by atoms with Crippen molar-refractivity contribution in [2.24, 2.45) is 0 Å². The van der Waals surface area contributed by atoms with Crippen LogP contribution >= 0.6 is 23.1 Å². The Morgan fingerprint density at radius 3 is 2.62 bits per heavy atom. The second-order valence-corrected chi connectivity index (χ2v) is 9.95. The molecule has 0 aliphatic carbocycles. The average molecular weight is 502 g/mol. The number of benzene rings is 1. The summed E-state index contributed by atoms with van der Waals surface area (Å²) >= 11 is 3.04. The topological polar surface area (TPSA) is 132 Å². The number of aromatic nitrogens is 2. The van der Waals surface area contributed by atoms with E-state index in [1.165, 1.54) is 29.2 Å². The van der Waals surface area contributed by atoms with Gasteiger partial charge in [0.05, 0.1) is 10.7 Å². The highest BCUT2D eigenvalue weighted by Crippen LogP contribution is 2.25. The molecular formula is C24H27N3O5S2. The van der Waals surface area contributed by atoms with Crippen molar-refractivity contribution < 1.29 is 19.8 Å². The maximum absolute atomic E-state index is 12.0. The number of aryl methyl sites for hydroxylation is 1. The number of aliphatic carboxylic acids is 2. The highest BCUT2D eigenvalue weighted by molar-refractivity contribution is 7.99. The van der Waals surface area contributed by atoms with E-state index in [0.29, 0.717) is 10.9 Å². The van der Waals surface area contributed by atoms with E-state index in [0.717, 1.165) is 46.9 Å². The summed E-state index contributed by atoms with van der Waals surface area (Å²) in [6.07, 6.45) is 3.73. The van der Waals surface area contributed by atoms with Gasteiger partial charge in [0.2, 0.25) is 0 Å². The van der Waals surface area contributed by atoms with Crippen LogP contribution in [-0.2, 0) is 16.0 Å². The Balaban J connectivity index is 1.39. The van der Waals surface area contributed by atoms with Crippen LogP contribution in [0.15, 0.2) is 58.5 Å². The number of anilines is 1. The van der Waals surface area contributed by atoms with Gasteiger partial charge >= 0.3 is 11.9 Å². The second kappa shape index (κ2) is 13.0. The quantitative estimate of drug-likeness (QED) is 0.142. The first kappa shape index (κ1) is 25.5. The molecule has 0 radical (unpaired) electrons. The summed E-state index contributed by atoms with van der Waals surface area (Å²) in [5.41, 5.74) is 1.42. The molecule has 0 saturated carbocycles. The zero-order valence-corrected chi connectivity index (χ0v) is 20.2. The molecule has 3 rings (SSSR count). The Hall–Kier alpha value is -3.11. The molecule has 34 heavy (non-hydrogen) atoms. The molecule has 0 fully saturated rings. The predicted octanol–water partition coefficient (Wildman–Crippen LogP) is 4.73. The lowest BCUT2D eigenvalue weighted by Crippen LogP contribution is -2.29. The van der Waals surface area contributed by atoms with Crippen LogP contribution in [0.3, 0.4) is 0 Å². The third-order valence-corrected chi connectivity index (χ3v) is 7.05. The van der Waals surface area contributed by atoms with Gasteiger partial charge in [0.25, 0.3) is 5.56 Å². The fourth-order valence-electron chi connectivity index (χ4n) is 3.29. The minimum Gasteiger partial charge on any atom is -0.481 e. The smallest absolute Gasteiger partial charge is 0.326 e. The van der Waals surface area contributed by atoms with E-state index >= 15 is 0 Å². The minimum atomic E-state index is -1.06. The predicted molar refractivity (Wildman–Crippen MR) is 135 cm³/mol. The normalized spacial score (nSPS) is 11.8. The third-order valence-electron chi connectivity index (χ3n) is 5.02. The number of hydrogen-bond acceptors (Lipinski definition) is 7. The first-order valence-electron chi connectivity index (χ1n) is 11.0. The molecule has 0 spiro atoms. The van der Waals surface area contributed by atoms with Crippen LogP contribution in [0, 0.1) is 0 Å². The number of carbonyl (C=O) groups is 2. The maximum atomic E-state index is 12.0. The number of nitrogens with zero attached hydrogens (tertiary/aromatic N) is 1. The van der Waals surface area contributed by atoms with Crippen molar-refractivity contribution >= 4 is 40.0 Å². The van der Waals surface area contributed by atoms with Gasteiger partial charge in [-0.1, -0.05) is 48.5 Å². The first-order valence-corrected chi connectivity index (χ1v) is 12.8. The molecule has 0 amide bonds. The van der Waals surface area contributed by atoms with Crippen LogP contribution < -0.4 is 10.9 Å². The van der Waals surface area contributed by atoms with Gasteiger partial charge in [-0.3, -0.25) is 9.59 Å². The van der Waals surface area contributed by atoms with Crippen molar-refractivity contribution in [1.29, 1.82) is 0 Å². The van der Waals surface area contributed by atoms with Crippen molar-refractivity contribution in [1.82, 2.24) is 9.97 Å². The summed E-state index contributed by atoms with van der Waals surface area (Å²) in [5.74, 6) is -1.22. The molecule has 0 bridgehead atoms. The highest BCUT2D eigenvalue weighted by Gasteiger charge is 2.19. The molecule has 8 nitrogen and oxygen atoms in total. The number of hydrogen-bond donors (Lipinski definition) is 4. The highest BCUT2D eigenvalue weighted by atomic mass is 32.2. The summed E-state index contributed by atoms with van der Waals surface area (Å²) in [6, 6.07) is 14.0. The minimum absolute atomic E-state index is 0.0317. The SMILES string of the molecule is O=C(O)CC[C@H](Nc1ccc(CCCCCSc2nc(-c3ccccc3)cc(=O)[nH]2)s1)C(=O)O. The van der Waals surface area contributed by atoms with Gasteiger partial charge in [-0.15, -0.1) is 11.3 Å². The largest absolute Gasteiger partial charge is 0.481 e. The van der Waals surface area contributed by atoms with Crippen LogP contribution in [0.4, 0.5) is 5.00 Å². The summed E-state index contributed by atoms with van der Waals surface area (Å²) in [5, 5.41) is 22.3. The number of carboxylic acids is 2. The Morgan fingerprint density at radius 1 is 1.09 bits per heavy atom. The fourth-order valence-corrected chi connectivity index (χ4v) is 5.17. The van der Waals surface area contributed by atoms with Gasteiger partial charge in [0, 0.05) is 28.7 Å². The number of carboxylic acid groups (broad SMARTS) is 2. The van der Waals surface area contributed by atoms with E-state index in [4.69, 9.17) is 5.11 Å². The molecule has 1 aromatic carbocycles. The molecule has 0 unspecified atom stereocenters. The van der Waals surface area contributed by atoms with E-state index < -0.39 is 18.0 Å². The van der Waals surface area contributed by atoms with Crippen molar-refractivity contribution in [2.75, 3.05) is 11.1 Å². The van der Waals surface area contributed by atoms with Crippen molar-refractivity contribution in [2.45, 2.75) is 49.7 Å². The average Bonchev–Trinajstić information content (AvgIpc) is 3.26. The van der Waals surface area contributed by atoms with Gasteiger partial charge in [0.15, 0.2) is 5.16 Å². The van der Waals surface area contributed by atoms with Crippen molar-refractivity contribution in [3.05, 3.63) is 63.8 Å². The molecule has 1 atom stereocenters. The molecule has 0 aliphatic heterocycles. The molecule has 180 valence electrons. The molecule has 10 heteroatoms. The molecule has 3 aromatic rings. The monoisotopic (exact) mass is 501 g/mol.